The van der Waals surface area contributed by atoms with Crippen molar-refractivity contribution < 1.29 is 9.53 Å². The summed E-state index contributed by atoms with van der Waals surface area (Å²) in [6.45, 7) is 0.561. The number of aromatic nitrogens is 2. The third-order valence-electron chi connectivity index (χ3n) is 4.66. The van der Waals surface area contributed by atoms with Gasteiger partial charge in [-0.25, -0.2) is 0 Å². The molecule has 0 aliphatic rings. The fourth-order valence-electron chi connectivity index (χ4n) is 2.95. The number of hydrogen-bond acceptors (Lipinski definition) is 6. The fraction of sp³-hybridized carbons (Fsp3) is 0.0741. The largest absolute Gasteiger partial charge is 0.493 e. The van der Waals surface area contributed by atoms with E-state index in [2.05, 4.69) is 10.2 Å². The van der Waals surface area contributed by atoms with Crippen molar-refractivity contribution in [3.05, 3.63) is 107 Å². The number of nitrogens with zero attached hydrogens (tertiary/aromatic N) is 2. The van der Waals surface area contributed by atoms with Crippen LogP contribution in [0.4, 0.5) is 0 Å². The van der Waals surface area contributed by atoms with Crippen LogP contribution in [0.25, 0.3) is 22.7 Å². The minimum absolute atomic E-state index is 0.107. The molecule has 0 saturated carbocycles. The molecule has 0 atom stereocenters. The highest BCUT2D eigenvalue weighted by molar-refractivity contribution is 8.01. The fourth-order valence-corrected chi connectivity index (χ4v) is 4.89. The SMILES string of the molecule is O=C(/C=C/c1ccc(OCCSc2nnc(-c3ccccc3)s2)cc1)/C=C/c1ccccc1Cl. The lowest BCUT2D eigenvalue weighted by molar-refractivity contribution is -0.110. The molecule has 3 aromatic carbocycles. The highest BCUT2D eigenvalue weighted by Crippen LogP contribution is 2.29. The molecule has 0 N–H and O–H groups in total. The first-order valence-corrected chi connectivity index (χ1v) is 12.7. The number of thioether (sulfide) groups is 1. The predicted octanol–water partition coefficient (Wildman–Crippen LogP) is 7.33. The van der Waals surface area contributed by atoms with Gasteiger partial charge in [0.1, 0.15) is 10.8 Å². The van der Waals surface area contributed by atoms with E-state index in [0.29, 0.717) is 11.6 Å². The summed E-state index contributed by atoms with van der Waals surface area (Å²) in [5.41, 5.74) is 2.81. The molecule has 0 unspecified atom stereocenters. The Hall–Kier alpha value is -3.19. The second-order valence-electron chi connectivity index (χ2n) is 7.10. The number of rotatable bonds is 10. The van der Waals surface area contributed by atoms with Crippen LogP contribution in [0.3, 0.4) is 0 Å². The molecule has 0 amide bonds. The molecular formula is C27H21ClN2O2S2. The van der Waals surface area contributed by atoms with Gasteiger partial charge in [0.25, 0.3) is 0 Å². The molecule has 170 valence electrons. The van der Waals surface area contributed by atoms with E-state index in [1.165, 1.54) is 12.2 Å². The van der Waals surface area contributed by atoms with Gasteiger partial charge in [-0.3, -0.25) is 4.79 Å². The highest BCUT2D eigenvalue weighted by Gasteiger charge is 2.06. The molecule has 0 spiro atoms. The van der Waals surface area contributed by atoms with Crippen LogP contribution in [0.15, 0.2) is 95.4 Å². The topological polar surface area (TPSA) is 52.1 Å². The maximum absolute atomic E-state index is 12.1. The zero-order valence-corrected chi connectivity index (χ0v) is 20.5. The molecule has 7 heteroatoms. The third kappa shape index (κ3) is 7.15. The quantitative estimate of drug-likeness (QED) is 0.128. The minimum Gasteiger partial charge on any atom is -0.493 e. The Morgan fingerprint density at radius 3 is 2.44 bits per heavy atom. The summed E-state index contributed by atoms with van der Waals surface area (Å²) in [5, 5.41) is 10.0. The molecule has 4 rings (SSSR count). The van der Waals surface area contributed by atoms with E-state index < -0.39 is 0 Å². The van der Waals surface area contributed by atoms with E-state index >= 15 is 0 Å². The standard InChI is InChI=1S/C27H21ClN2O2S2/c28-25-9-5-4-6-21(25)13-15-23(31)14-10-20-11-16-24(17-12-20)32-18-19-33-27-30-29-26(34-27)22-7-2-1-3-8-22/h1-17H,18-19H2/b14-10+,15-13+. The van der Waals surface area contributed by atoms with Crippen molar-refractivity contribution in [2.24, 2.45) is 0 Å². The van der Waals surface area contributed by atoms with Crippen molar-refractivity contribution in [2.45, 2.75) is 4.34 Å². The van der Waals surface area contributed by atoms with Gasteiger partial charge in [-0.15, -0.1) is 10.2 Å². The van der Waals surface area contributed by atoms with Gasteiger partial charge in [-0.1, -0.05) is 101 Å². The van der Waals surface area contributed by atoms with Crippen LogP contribution in [0.2, 0.25) is 5.02 Å². The molecule has 0 radical (unpaired) electrons. The van der Waals surface area contributed by atoms with Gasteiger partial charge in [-0.2, -0.15) is 0 Å². The van der Waals surface area contributed by atoms with Gasteiger partial charge >= 0.3 is 0 Å². The van der Waals surface area contributed by atoms with E-state index in [4.69, 9.17) is 16.3 Å². The van der Waals surface area contributed by atoms with Crippen molar-refractivity contribution in [3.63, 3.8) is 0 Å². The first kappa shape index (κ1) is 24.0. The van der Waals surface area contributed by atoms with Crippen molar-refractivity contribution in [3.8, 4) is 16.3 Å². The summed E-state index contributed by atoms with van der Waals surface area (Å²) < 4.78 is 6.75. The summed E-state index contributed by atoms with van der Waals surface area (Å²) in [6.07, 6.45) is 6.53. The van der Waals surface area contributed by atoms with Gasteiger partial charge in [0.2, 0.25) is 0 Å². The number of allylic oxidation sites excluding steroid dienone is 2. The lowest BCUT2D eigenvalue weighted by Crippen LogP contribution is -1.99. The van der Waals surface area contributed by atoms with Crippen molar-refractivity contribution in [1.29, 1.82) is 0 Å². The van der Waals surface area contributed by atoms with Crippen LogP contribution in [0.5, 0.6) is 5.75 Å². The van der Waals surface area contributed by atoms with E-state index in [-0.39, 0.29) is 5.78 Å². The minimum atomic E-state index is -0.107. The zero-order valence-electron chi connectivity index (χ0n) is 18.1. The smallest absolute Gasteiger partial charge is 0.178 e. The van der Waals surface area contributed by atoms with E-state index in [1.807, 2.05) is 72.8 Å². The molecule has 1 heterocycles. The lowest BCUT2D eigenvalue weighted by atomic mass is 10.1. The number of halogens is 1. The van der Waals surface area contributed by atoms with Crippen LogP contribution in [0.1, 0.15) is 11.1 Å². The van der Waals surface area contributed by atoms with E-state index in [9.17, 15) is 4.79 Å². The van der Waals surface area contributed by atoms with Gasteiger partial charge in [0.15, 0.2) is 10.1 Å². The zero-order chi connectivity index (χ0) is 23.6. The van der Waals surface area contributed by atoms with Crippen LogP contribution in [-0.4, -0.2) is 28.3 Å². The molecule has 4 nitrogen and oxygen atoms in total. The number of carbonyl (C=O) groups excluding carboxylic acids is 1. The van der Waals surface area contributed by atoms with Crippen LogP contribution in [0, 0.1) is 0 Å². The number of benzene rings is 3. The Bertz CT molecular complexity index is 1290. The predicted molar refractivity (Wildman–Crippen MR) is 143 cm³/mol. The number of hydrogen-bond donors (Lipinski definition) is 0. The Morgan fingerprint density at radius 1 is 0.912 bits per heavy atom. The van der Waals surface area contributed by atoms with Crippen molar-refractivity contribution in [1.82, 2.24) is 10.2 Å². The maximum atomic E-state index is 12.1. The average Bonchev–Trinajstić information content (AvgIpc) is 3.35. The van der Waals surface area contributed by atoms with Crippen LogP contribution in [-0.2, 0) is 4.79 Å². The van der Waals surface area contributed by atoms with Gasteiger partial charge in [-0.05, 0) is 47.6 Å². The lowest BCUT2D eigenvalue weighted by Gasteiger charge is -2.05. The van der Waals surface area contributed by atoms with E-state index in [1.54, 1.807) is 41.3 Å². The molecule has 0 fully saturated rings. The molecule has 0 saturated heterocycles. The first-order chi connectivity index (χ1) is 16.7. The van der Waals surface area contributed by atoms with Crippen molar-refractivity contribution >= 4 is 52.6 Å². The van der Waals surface area contributed by atoms with Crippen molar-refractivity contribution in [2.75, 3.05) is 12.4 Å². The Balaban J connectivity index is 1.21. The maximum Gasteiger partial charge on any atom is 0.178 e. The monoisotopic (exact) mass is 504 g/mol. The summed E-state index contributed by atoms with van der Waals surface area (Å²) in [4.78, 5) is 12.1. The summed E-state index contributed by atoms with van der Waals surface area (Å²) in [5.74, 6) is 1.45. The van der Waals surface area contributed by atoms with Gasteiger partial charge in [0.05, 0.1) is 6.61 Å². The Labute approximate surface area is 212 Å². The Morgan fingerprint density at radius 2 is 1.65 bits per heavy atom. The summed E-state index contributed by atoms with van der Waals surface area (Å²) >= 11 is 9.31. The summed E-state index contributed by atoms with van der Waals surface area (Å²) in [7, 11) is 0. The number of ether oxygens (including phenoxy) is 1. The molecule has 0 bridgehead atoms. The second kappa shape index (κ2) is 12.3. The molecule has 0 aliphatic heterocycles. The molecule has 1 aromatic heterocycles. The third-order valence-corrected chi connectivity index (χ3v) is 7.07. The molecule has 0 aliphatic carbocycles. The second-order valence-corrected chi connectivity index (χ2v) is 9.82. The van der Waals surface area contributed by atoms with Gasteiger partial charge < -0.3 is 4.74 Å². The molecule has 4 aromatic rings. The van der Waals surface area contributed by atoms with Crippen LogP contribution < -0.4 is 4.74 Å². The van der Waals surface area contributed by atoms with E-state index in [0.717, 1.165) is 37.5 Å². The molecule has 34 heavy (non-hydrogen) atoms. The highest BCUT2D eigenvalue weighted by atomic mass is 35.5. The molecular weight excluding hydrogens is 484 g/mol. The van der Waals surface area contributed by atoms with Gasteiger partial charge in [0, 0.05) is 16.3 Å². The van der Waals surface area contributed by atoms with Crippen LogP contribution >= 0.6 is 34.7 Å². The first-order valence-electron chi connectivity index (χ1n) is 10.6. The number of carbonyl (C=O) groups is 1. The number of ketones is 1. The Kier molecular flexibility index (Phi) is 8.68. The average molecular weight is 505 g/mol. The normalized spacial score (nSPS) is 11.3. The summed E-state index contributed by atoms with van der Waals surface area (Å²) in [6, 6.07) is 25.1.